The molecule has 0 atom stereocenters. The summed E-state index contributed by atoms with van der Waals surface area (Å²) in [6, 6.07) is 3.52. The van der Waals surface area contributed by atoms with Gasteiger partial charge in [-0.1, -0.05) is 11.3 Å². The summed E-state index contributed by atoms with van der Waals surface area (Å²) in [5.41, 5.74) is 0.632. The van der Waals surface area contributed by atoms with Gasteiger partial charge >= 0.3 is 0 Å². The van der Waals surface area contributed by atoms with Crippen LogP contribution in [0.2, 0.25) is 0 Å². The number of sulfone groups is 1. The van der Waals surface area contributed by atoms with Gasteiger partial charge in [-0.25, -0.2) is 18.4 Å². The molecule has 0 N–H and O–H groups in total. The Morgan fingerprint density at radius 3 is 2.89 bits per heavy atom. The van der Waals surface area contributed by atoms with E-state index in [2.05, 4.69) is 9.97 Å². The van der Waals surface area contributed by atoms with Gasteiger partial charge in [-0.05, 0) is 12.1 Å². The number of hydrogen-bond acceptors (Lipinski definition) is 7. The van der Waals surface area contributed by atoms with Gasteiger partial charge in [-0.3, -0.25) is 4.90 Å². The van der Waals surface area contributed by atoms with Gasteiger partial charge in [0.1, 0.15) is 16.2 Å². The zero-order valence-electron chi connectivity index (χ0n) is 10.2. The van der Waals surface area contributed by atoms with Crippen molar-refractivity contribution in [3.8, 4) is 0 Å². The topological polar surface area (TPSA) is 72.4 Å². The molecule has 2 aromatic heterocycles. The molecule has 2 aromatic rings. The third-order valence-corrected chi connectivity index (χ3v) is 5.98. The minimum atomic E-state index is -3.38. The van der Waals surface area contributed by atoms with Gasteiger partial charge in [-0.2, -0.15) is 0 Å². The van der Waals surface area contributed by atoms with Crippen molar-refractivity contribution >= 4 is 31.5 Å². The molecule has 1 aliphatic rings. The summed E-state index contributed by atoms with van der Waals surface area (Å²) < 4.78 is 30.0. The van der Waals surface area contributed by atoms with Crippen LogP contribution in [0.15, 0.2) is 22.7 Å². The van der Waals surface area contributed by atoms with Gasteiger partial charge in [0, 0.05) is 19.3 Å². The first-order valence-electron chi connectivity index (χ1n) is 5.89. The van der Waals surface area contributed by atoms with Crippen LogP contribution >= 0.6 is 11.3 Å². The molecule has 0 spiro atoms. The van der Waals surface area contributed by atoms with Crippen molar-refractivity contribution in [2.75, 3.05) is 32.2 Å². The average molecular weight is 299 g/mol. The quantitative estimate of drug-likeness (QED) is 0.833. The fourth-order valence-electron chi connectivity index (χ4n) is 1.91. The van der Waals surface area contributed by atoms with Gasteiger partial charge in [0.2, 0.25) is 14.2 Å². The zero-order chi connectivity index (χ0) is 13.3. The van der Waals surface area contributed by atoms with Crippen LogP contribution < -0.4 is 0 Å². The summed E-state index contributed by atoms with van der Waals surface area (Å²) in [6.45, 7) is 2.44. The van der Waals surface area contributed by atoms with E-state index in [4.69, 9.17) is 4.74 Å². The molecule has 0 amide bonds. The Hall–Kier alpha value is -1.09. The van der Waals surface area contributed by atoms with Gasteiger partial charge in [0.15, 0.2) is 0 Å². The highest BCUT2D eigenvalue weighted by molar-refractivity contribution is 7.93. The fraction of sp³-hybridized carbons (Fsp3) is 0.455. The van der Waals surface area contributed by atoms with E-state index in [1.165, 1.54) is 0 Å². The number of thiazole rings is 1. The molecule has 102 valence electrons. The van der Waals surface area contributed by atoms with Crippen molar-refractivity contribution < 1.29 is 13.2 Å². The van der Waals surface area contributed by atoms with E-state index >= 15 is 0 Å². The predicted molar refractivity (Wildman–Crippen MR) is 71.9 cm³/mol. The maximum absolute atomic E-state index is 12.3. The summed E-state index contributed by atoms with van der Waals surface area (Å²) >= 11 is 1.12. The summed E-state index contributed by atoms with van der Waals surface area (Å²) in [4.78, 5) is 10.8. The summed E-state index contributed by atoms with van der Waals surface area (Å²) in [7, 11) is -3.38. The first-order chi connectivity index (χ1) is 9.15. The summed E-state index contributed by atoms with van der Waals surface area (Å²) in [5, 5.41) is 0. The highest BCUT2D eigenvalue weighted by Crippen LogP contribution is 2.24. The molecule has 0 aliphatic carbocycles. The van der Waals surface area contributed by atoms with Crippen LogP contribution in [-0.2, 0) is 14.6 Å². The van der Waals surface area contributed by atoms with Gasteiger partial charge in [0.05, 0.1) is 13.2 Å². The lowest BCUT2D eigenvalue weighted by Crippen LogP contribution is -2.39. The summed E-state index contributed by atoms with van der Waals surface area (Å²) in [6.07, 6.45) is 1.64. The van der Waals surface area contributed by atoms with Crippen molar-refractivity contribution in [1.29, 1.82) is 0 Å². The van der Waals surface area contributed by atoms with Crippen molar-refractivity contribution in [3.63, 3.8) is 0 Å². The Morgan fingerprint density at radius 1 is 1.37 bits per heavy atom. The Kier molecular flexibility index (Phi) is 3.48. The monoisotopic (exact) mass is 299 g/mol. The van der Waals surface area contributed by atoms with Gasteiger partial charge < -0.3 is 4.74 Å². The Balaban J connectivity index is 1.86. The van der Waals surface area contributed by atoms with E-state index in [1.54, 1.807) is 18.3 Å². The molecular weight excluding hydrogens is 286 g/mol. The van der Waals surface area contributed by atoms with Crippen LogP contribution in [-0.4, -0.2) is 55.5 Å². The minimum Gasteiger partial charge on any atom is -0.379 e. The highest BCUT2D eigenvalue weighted by atomic mass is 32.2. The second-order valence-corrected chi connectivity index (χ2v) is 7.39. The number of hydrogen-bond donors (Lipinski definition) is 0. The molecule has 0 unspecified atom stereocenters. The van der Waals surface area contributed by atoms with Gasteiger partial charge in [-0.15, -0.1) is 0 Å². The lowest BCUT2D eigenvalue weighted by molar-refractivity contribution is 0.0464. The molecule has 6 nitrogen and oxygen atoms in total. The molecular formula is C11H13N3O3S2. The van der Waals surface area contributed by atoms with Crippen molar-refractivity contribution in [2.24, 2.45) is 0 Å². The predicted octanol–water partition coefficient (Wildman–Crippen LogP) is 0.755. The third-order valence-electron chi connectivity index (χ3n) is 2.87. The molecule has 19 heavy (non-hydrogen) atoms. The second kappa shape index (κ2) is 5.12. The van der Waals surface area contributed by atoms with Crippen LogP contribution in [0.25, 0.3) is 10.3 Å². The maximum Gasteiger partial charge on any atom is 0.218 e. The number of pyridine rings is 1. The SMILES string of the molecule is O=S(=O)(CN1CCOCC1)c1nc2cccnc2s1. The van der Waals surface area contributed by atoms with E-state index in [-0.39, 0.29) is 10.2 Å². The molecule has 3 rings (SSSR count). The first-order valence-corrected chi connectivity index (χ1v) is 8.36. The average Bonchev–Trinajstić information content (AvgIpc) is 2.84. The van der Waals surface area contributed by atoms with Crippen LogP contribution in [0.5, 0.6) is 0 Å². The van der Waals surface area contributed by atoms with E-state index < -0.39 is 9.84 Å². The standard InChI is InChI=1S/C11H13N3O3S2/c15-19(16,8-14-4-6-17-7-5-14)11-13-9-2-1-3-12-10(9)18-11/h1-3H,4-8H2. The van der Waals surface area contributed by atoms with Crippen LogP contribution in [0, 0.1) is 0 Å². The fourth-order valence-corrected chi connectivity index (χ4v) is 4.54. The molecule has 1 aliphatic heterocycles. The second-order valence-electron chi connectivity index (χ2n) is 4.28. The van der Waals surface area contributed by atoms with Crippen LogP contribution in [0.1, 0.15) is 0 Å². The molecule has 3 heterocycles. The number of rotatable bonds is 3. The van der Waals surface area contributed by atoms with Crippen molar-refractivity contribution in [3.05, 3.63) is 18.3 Å². The molecule has 0 radical (unpaired) electrons. The van der Waals surface area contributed by atoms with Gasteiger partial charge in [0.25, 0.3) is 0 Å². The molecule has 0 aromatic carbocycles. The number of fused-ring (bicyclic) bond motifs is 1. The Labute approximate surface area is 115 Å². The number of ether oxygens (including phenoxy) is 1. The first kappa shape index (κ1) is 12.9. The smallest absolute Gasteiger partial charge is 0.218 e. The number of nitrogens with zero attached hydrogens (tertiary/aromatic N) is 3. The van der Waals surface area contributed by atoms with E-state index in [0.717, 1.165) is 11.3 Å². The van der Waals surface area contributed by atoms with E-state index in [1.807, 2.05) is 4.90 Å². The minimum absolute atomic E-state index is 0.00379. The largest absolute Gasteiger partial charge is 0.379 e. The lowest BCUT2D eigenvalue weighted by Gasteiger charge is -2.25. The zero-order valence-corrected chi connectivity index (χ0v) is 11.8. The Bertz CT molecular complexity index is 644. The van der Waals surface area contributed by atoms with Crippen molar-refractivity contribution in [1.82, 2.24) is 14.9 Å². The maximum atomic E-state index is 12.3. The Morgan fingerprint density at radius 2 is 2.16 bits per heavy atom. The van der Waals surface area contributed by atoms with Crippen LogP contribution in [0.4, 0.5) is 0 Å². The number of aromatic nitrogens is 2. The number of morpholine rings is 1. The molecule has 8 heteroatoms. The van der Waals surface area contributed by atoms with E-state index in [0.29, 0.717) is 36.7 Å². The van der Waals surface area contributed by atoms with Crippen molar-refractivity contribution in [2.45, 2.75) is 4.34 Å². The summed E-state index contributed by atoms with van der Waals surface area (Å²) in [5.74, 6) is -0.00379. The normalized spacial score (nSPS) is 17.9. The third kappa shape index (κ3) is 2.76. The molecule has 0 saturated carbocycles. The highest BCUT2D eigenvalue weighted by Gasteiger charge is 2.24. The molecule has 1 fully saturated rings. The lowest BCUT2D eigenvalue weighted by atomic mass is 10.5. The molecule has 0 bridgehead atoms. The van der Waals surface area contributed by atoms with Crippen LogP contribution in [0.3, 0.4) is 0 Å². The molecule has 1 saturated heterocycles. The van der Waals surface area contributed by atoms with E-state index in [9.17, 15) is 8.42 Å².